The zero-order valence-electron chi connectivity index (χ0n) is 13.8. The highest BCUT2D eigenvalue weighted by Gasteiger charge is 2.23. The summed E-state index contributed by atoms with van der Waals surface area (Å²) in [5.74, 6) is 0. The average Bonchev–Trinajstić information content (AvgIpc) is 2.36. The van der Waals surface area contributed by atoms with E-state index in [1.54, 1.807) is 0 Å². The molecular formula is C17H36N2. The van der Waals surface area contributed by atoms with Gasteiger partial charge >= 0.3 is 0 Å². The van der Waals surface area contributed by atoms with Crippen LogP contribution in [0, 0.1) is 0 Å². The van der Waals surface area contributed by atoms with Crippen LogP contribution in [0.3, 0.4) is 0 Å². The van der Waals surface area contributed by atoms with E-state index in [1.807, 2.05) is 0 Å². The molecule has 0 aliphatic carbocycles. The van der Waals surface area contributed by atoms with Gasteiger partial charge in [-0.25, -0.2) is 0 Å². The number of piperidine rings is 1. The summed E-state index contributed by atoms with van der Waals surface area (Å²) < 4.78 is 0. The van der Waals surface area contributed by atoms with Crippen LogP contribution in [0.25, 0.3) is 0 Å². The average molecular weight is 268 g/mol. The Morgan fingerprint density at radius 3 is 2.47 bits per heavy atom. The third kappa shape index (κ3) is 7.94. The fourth-order valence-electron chi connectivity index (χ4n) is 2.93. The lowest BCUT2D eigenvalue weighted by atomic mass is 10.00. The van der Waals surface area contributed by atoms with Gasteiger partial charge in [0.15, 0.2) is 0 Å². The molecule has 0 saturated carbocycles. The van der Waals surface area contributed by atoms with E-state index in [-0.39, 0.29) is 5.54 Å². The summed E-state index contributed by atoms with van der Waals surface area (Å²) in [4.78, 5) is 2.74. The van der Waals surface area contributed by atoms with E-state index < -0.39 is 0 Å². The third-order valence-corrected chi connectivity index (χ3v) is 4.17. The number of likely N-dealkylation sites (tertiary alicyclic amines) is 1. The summed E-state index contributed by atoms with van der Waals surface area (Å²) in [5.41, 5.74) is 0.254. The van der Waals surface area contributed by atoms with Crippen molar-refractivity contribution in [2.45, 2.75) is 90.6 Å². The molecule has 2 nitrogen and oxygen atoms in total. The van der Waals surface area contributed by atoms with Crippen molar-refractivity contribution in [2.75, 3.05) is 19.6 Å². The van der Waals surface area contributed by atoms with Crippen molar-refractivity contribution in [2.24, 2.45) is 0 Å². The van der Waals surface area contributed by atoms with Crippen molar-refractivity contribution in [1.29, 1.82) is 0 Å². The van der Waals surface area contributed by atoms with Gasteiger partial charge in [-0.1, -0.05) is 39.0 Å². The monoisotopic (exact) mass is 268 g/mol. The Morgan fingerprint density at radius 2 is 1.79 bits per heavy atom. The topological polar surface area (TPSA) is 15.3 Å². The SMILES string of the molecule is CCCCCCCN1CCCCC1CNC(C)(C)C. The van der Waals surface area contributed by atoms with Crippen molar-refractivity contribution in [3.05, 3.63) is 0 Å². The van der Waals surface area contributed by atoms with E-state index in [1.165, 1.54) is 71.0 Å². The van der Waals surface area contributed by atoms with E-state index in [2.05, 4.69) is 37.9 Å². The molecule has 1 aliphatic rings. The second-order valence-electron chi connectivity index (χ2n) is 7.23. The van der Waals surface area contributed by atoms with E-state index >= 15 is 0 Å². The van der Waals surface area contributed by atoms with Gasteiger partial charge in [-0.05, 0) is 53.1 Å². The number of hydrogen-bond donors (Lipinski definition) is 1. The highest BCUT2D eigenvalue weighted by Crippen LogP contribution is 2.18. The quantitative estimate of drug-likeness (QED) is 0.664. The molecule has 0 aromatic heterocycles. The Morgan fingerprint density at radius 1 is 1.05 bits per heavy atom. The van der Waals surface area contributed by atoms with Gasteiger partial charge in [0.2, 0.25) is 0 Å². The standard InChI is InChI=1S/C17H36N2/c1-5-6-7-8-10-13-19-14-11-9-12-16(19)15-18-17(2,3)4/h16,18H,5-15H2,1-4H3. The minimum Gasteiger partial charge on any atom is -0.311 e. The summed E-state index contributed by atoms with van der Waals surface area (Å²) in [6.07, 6.45) is 11.2. The predicted molar refractivity (Wildman–Crippen MR) is 85.7 cm³/mol. The van der Waals surface area contributed by atoms with Gasteiger partial charge in [-0.2, -0.15) is 0 Å². The van der Waals surface area contributed by atoms with E-state index in [0.29, 0.717) is 0 Å². The van der Waals surface area contributed by atoms with Gasteiger partial charge in [0.05, 0.1) is 0 Å². The minimum atomic E-state index is 0.254. The second kappa shape index (κ2) is 8.97. The molecule has 0 radical (unpaired) electrons. The first kappa shape index (κ1) is 17.0. The van der Waals surface area contributed by atoms with Crippen molar-refractivity contribution >= 4 is 0 Å². The fraction of sp³-hybridized carbons (Fsp3) is 1.00. The largest absolute Gasteiger partial charge is 0.311 e. The Hall–Kier alpha value is -0.0800. The maximum atomic E-state index is 3.69. The molecule has 114 valence electrons. The Labute approximate surface area is 121 Å². The first-order chi connectivity index (χ1) is 9.03. The van der Waals surface area contributed by atoms with Crippen LogP contribution in [0.2, 0.25) is 0 Å². The Kier molecular flexibility index (Phi) is 8.01. The highest BCUT2D eigenvalue weighted by molar-refractivity contribution is 4.82. The van der Waals surface area contributed by atoms with Crippen LogP contribution in [0.1, 0.15) is 79.1 Å². The number of rotatable bonds is 8. The molecule has 1 fully saturated rings. The van der Waals surface area contributed by atoms with Gasteiger partial charge in [0, 0.05) is 18.1 Å². The van der Waals surface area contributed by atoms with Crippen molar-refractivity contribution in [1.82, 2.24) is 10.2 Å². The van der Waals surface area contributed by atoms with E-state index in [9.17, 15) is 0 Å². The maximum Gasteiger partial charge on any atom is 0.0220 e. The fourth-order valence-corrected chi connectivity index (χ4v) is 2.93. The molecule has 2 heteroatoms. The van der Waals surface area contributed by atoms with Gasteiger partial charge in [-0.15, -0.1) is 0 Å². The molecule has 1 unspecified atom stereocenters. The molecule has 0 aromatic carbocycles. The molecule has 1 saturated heterocycles. The van der Waals surface area contributed by atoms with Crippen LogP contribution < -0.4 is 5.32 Å². The molecule has 1 atom stereocenters. The van der Waals surface area contributed by atoms with Crippen LogP contribution in [0.15, 0.2) is 0 Å². The molecule has 0 amide bonds. The smallest absolute Gasteiger partial charge is 0.0220 e. The molecular weight excluding hydrogens is 232 g/mol. The number of nitrogens with zero attached hydrogens (tertiary/aromatic N) is 1. The van der Waals surface area contributed by atoms with Gasteiger partial charge in [0.1, 0.15) is 0 Å². The normalized spacial score (nSPS) is 21.8. The van der Waals surface area contributed by atoms with E-state index in [0.717, 1.165) is 6.04 Å². The molecule has 1 heterocycles. The zero-order valence-corrected chi connectivity index (χ0v) is 13.8. The molecule has 0 spiro atoms. The predicted octanol–water partition coefficient (Wildman–Crippen LogP) is 4.20. The van der Waals surface area contributed by atoms with Gasteiger partial charge in [0.25, 0.3) is 0 Å². The van der Waals surface area contributed by atoms with Crippen molar-refractivity contribution < 1.29 is 0 Å². The number of unbranched alkanes of at least 4 members (excludes halogenated alkanes) is 4. The van der Waals surface area contributed by atoms with Crippen LogP contribution in [0.4, 0.5) is 0 Å². The van der Waals surface area contributed by atoms with E-state index in [4.69, 9.17) is 0 Å². The van der Waals surface area contributed by atoms with Crippen LogP contribution in [-0.2, 0) is 0 Å². The Bertz CT molecular complexity index is 220. The van der Waals surface area contributed by atoms with Crippen LogP contribution in [0.5, 0.6) is 0 Å². The summed E-state index contributed by atoms with van der Waals surface area (Å²) in [7, 11) is 0. The first-order valence-corrected chi connectivity index (χ1v) is 8.52. The maximum absolute atomic E-state index is 3.69. The molecule has 1 aliphatic heterocycles. The molecule has 1 N–H and O–H groups in total. The summed E-state index contributed by atoms with van der Waals surface area (Å²) in [6.45, 7) is 12.9. The zero-order chi connectivity index (χ0) is 14.1. The molecule has 19 heavy (non-hydrogen) atoms. The molecule has 0 bridgehead atoms. The third-order valence-electron chi connectivity index (χ3n) is 4.17. The van der Waals surface area contributed by atoms with Crippen molar-refractivity contribution in [3.63, 3.8) is 0 Å². The Balaban J connectivity index is 2.23. The second-order valence-corrected chi connectivity index (χ2v) is 7.23. The lowest BCUT2D eigenvalue weighted by Crippen LogP contribution is -2.49. The van der Waals surface area contributed by atoms with Gasteiger partial charge in [-0.3, -0.25) is 4.90 Å². The first-order valence-electron chi connectivity index (χ1n) is 8.52. The highest BCUT2D eigenvalue weighted by atomic mass is 15.2. The van der Waals surface area contributed by atoms with Gasteiger partial charge < -0.3 is 5.32 Å². The summed E-state index contributed by atoms with van der Waals surface area (Å²) in [6, 6.07) is 0.777. The van der Waals surface area contributed by atoms with Crippen LogP contribution >= 0.6 is 0 Å². The van der Waals surface area contributed by atoms with Crippen LogP contribution in [-0.4, -0.2) is 36.1 Å². The lowest BCUT2D eigenvalue weighted by molar-refractivity contribution is 0.136. The number of nitrogens with one attached hydrogen (secondary N) is 1. The van der Waals surface area contributed by atoms with Crippen molar-refractivity contribution in [3.8, 4) is 0 Å². The minimum absolute atomic E-state index is 0.254. The molecule has 0 aromatic rings. The summed E-state index contributed by atoms with van der Waals surface area (Å²) in [5, 5.41) is 3.69. The summed E-state index contributed by atoms with van der Waals surface area (Å²) >= 11 is 0. The number of hydrogen-bond acceptors (Lipinski definition) is 2. The molecule has 1 rings (SSSR count). The lowest BCUT2D eigenvalue weighted by Gasteiger charge is -2.37.